The summed E-state index contributed by atoms with van der Waals surface area (Å²) in [4.78, 5) is 18.0. The molecule has 1 saturated heterocycles. The normalized spacial score (nSPS) is 16.4. The Labute approximate surface area is 113 Å². The number of anilines is 1. The second-order valence-electron chi connectivity index (χ2n) is 4.74. The van der Waals surface area contributed by atoms with Gasteiger partial charge < -0.3 is 14.7 Å². The van der Waals surface area contributed by atoms with Crippen LogP contribution in [0.25, 0.3) is 0 Å². The zero-order valence-electron chi connectivity index (χ0n) is 11.2. The summed E-state index contributed by atoms with van der Waals surface area (Å²) in [5.41, 5.74) is 0.482. The Kier molecular flexibility index (Phi) is 4.74. The predicted octanol–water partition coefficient (Wildman–Crippen LogP) is 1.47. The molecule has 0 saturated carbocycles. The predicted molar refractivity (Wildman–Crippen MR) is 72.2 cm³/mol. The SMILES string of the molecule is CCOC(=O)c1ccc(N2CCC(CO)CC2)nc1. The quantitative estimate of drug-likeness (QED) is 0.834. The molecular formula is C14H20N2O3. The zero-order valence-corrected chi connectivity index (χ0v) is 11.2. The van der Waals surface area contributed by atoms with Gasteiger partial charge in [-0.2, -0.15) is 0 Å². The molecule has 2 heterocycles. The number of aromatic nitrogens is 1. The highest BCUT2D eigenvalue weighted by atomic mass is 16.5. The van der Waals surface area contributed by atoms with Gasteiger partial charge in [0.25, 0.3) is 0 Å². The van der Waals surface area contributed by atoms with Gasteiger partial charge in [-0.3, -0.25) is 0 Å². The van der Waals surface area contributed by atoms with Gasteiger partial charge in [0.2, 0.25) is 0 Å². The van der Waals surface area contributed by atoms with Crippen LogP contribution in [0.15, 0.2) is 18.3 Å². The third-order valence-electron chi connectivity index (χ3n) is 3.46. The fourth-order valence-corrected chi connectivity index (χ4v) is 2.25. The van der Waals surface area contributed by atoms with E-state index in [1.165, 1.54) is 0 Å². The van der Waals surface area contributed by atoms with Gasteiger partial charge in [0.15, 0.2) is 0 Å². The molecule has 0 unspecified atom stereocenters. The van der Waals surface area contributed by atoms with Crippen molar-refractivity contribution in [3.63, 3.8) is 0 Å². The van der Waals surface area contributed by atoms with Crippen LogP contribution in [0, 0.1) is 5.92 Å². The van der Waals surface area contributed by atoms with Gasteiger partial charge in [-0.25, -0.2) is 9.78 Å². The molecule has 2 rings (SSSR count). The van der Waals surface area contributed by atoms with Gasteiger partial charge in [-0.05, 0) is 37.8 Å². The lowest BCUT2D eigenvalue weighted by Crippen LogP contribution is -2.35. The van der Waals surface area contributed by atoms with Crippen LogP contribution >= 0.6 is 0 Å². The molecule has 19 heavy (non-hydrogen) atoms. The number of hydrogen-bond donors (Lipinski definition) is 1. The number of aliphatic hydroxyl groups excluding tert-OH is 1. The molecule has 1 aliphatic heterocycles. The number of nitrogens with zero attached hydrogens (tertiary/aromatic N) is 2. The number of pyridine rings is 1. The highest BCUT2D eigenvalue weighted by Crippen LogP contribution is 2.21. The van der Waals surface area contributed by atoms with E-state index in [0.29, 0.717) is 18.1 Å². The van der Waals surface area contributed by atoms with E-state index in [-0.39, 0.29) is 12.6 Å². The van der Waals surface area contributed by atoms with Gasteiger partial charge >= 0.3 is 5.97 Å². The Hall–Kier alpha value is -1.62. The smallest absolute Gasteiger partial charge is 0.339 e. The van der Waals surface area contributed by atoms with Crippen LogP contribution < -0.4 is 4.90 Å². The molecule has 0 aromatic carbocycles. The molecule has 1 N–H and O–H groups in total. The summed E-state index contributed by atoms with van der Waals surface area (Å²) in [6.07, 6.45) is 3.53. The Balaban J connectivity index is 1.97. The lowest BCUT2D eigenvalue weighted by atomic mass is 9.98. The minimum absolute atomic E-state index is 0.267. The molecule has 104 valence electrons. The van der Waals surface area contributed by atoms with Crippen molar-refractivity contribution in [1.29, 1.82) is 0 Å². The van der Waals surface area contributed by atoms with E-state index in [9.17, 15) is 4.79 Å². The van der Waals surface area contributed by atoms with Gasteiger partial charge in [-0.15, -0.1) is 0 Å². The lowest BCUT2D eigenvalue weighted by molar-refractivity contribution is 0.0526. The molecule has 0 radical (unpaired) electrons. The number of carbonyl (C=O) groups excluding carboxylic acids is 1. The van der Waals surface area contributed by atoms with Crippen molar-refractivity contribution < 1.29 is 14.6 Å². The van der Waals surface area contributed by atoms with Gasteiger partial charge in [0, 0.05) is 25.9 Å². The van der Waals surface area contributed by atoms with Crippen LogP contribution in [-0.2, 0) is 4.74 Å². The van der Waals surface area contributed by atoms with E-state index in [2.05, 4.69) is 9.88 Å². The van der Waals surface area contributed by atoms with Crippen LogP contribution in [0.5, 0.6) is 0 Å². The topological polar surface area (TPSA) is 62.7 Å². The minimum Gasteiger partial charge on any atom is -0.462 e. The fourth-order valence-electron chi connectivity index (χ4n) is 2.25. The van der Waals surface area contributed by atoms with Crippen molar-refractivity contribution in [2.24, 2.45) is 5.92 Å². The van der Waals surface area contributed by atoms with E-state index in [1.54, 1.807) is 19.2 Å². The van der Waals surface area contributed by atoms with Crippen molar-refractivity contribution in [3.05, 3.63) is 23.9 Å². The van der Waals surface area contributed by atoms with Crippen molar-refractivity contribution >= 4 is 11.8 Å². The molecule has 1 aromatic heterocycles. The first-order chi connectivity index (χ1) is 9.24. The maximum Gasteiger partial charge on any atom is 0.339 e. The summed E-state index contributed by atoms with van der Waals surface area (Å²) in [5.74, 6) is 0.958. The number of carbonyl (C=O) groups is 1. The van der Waals surface area contributed by atoms with Gasteiger partial charge in [0.05, 0.1) is 12.2 Å². The Bertz CT molecular complexity index is 411. The number of hydrogen-bond acceptors (Lipinski definition) is 5. The van der Waals surface area contributed by atoms with Crippen LogP contribution in [0.1, 0.15) is 30.1 Å². The first kappa shape index (κ1) is 13.8. The van der Waals surface area contributed by atoms with Crippen molar-refractivity contribution in [2.45, 2.75) is 19.8 Å². The van der Waals surface area contributed by atoms with Crippen LogP contribution in [0.4, 0.5) is 5.82 Å². The molecule has 1 fully saturated rings. The molecule has 1 aromatic rings. The van der Waals surface area contributed by atoms with Gasteiger partial charge in [-0.1, -0.05) is 0 Å². The van der Waals surface area contributed by atoms with Crippen molar-refractivity contribution in [3.8, 4) is 0 Å². The second-order valence-corrected chi connectivity index (χ2v) is 4.74. The van der Waals surface area contributed by atoms with Crippen molar-refractivity contribution in [2.75, 3.05) is 31.2 Å². The van der Waals surface area contributed by atoms with E-state index < -0.39 is 0 Å². The number of ether oxygens (including phenoxy) is 1. The maximum absolute atomic E-state index is 11.5. The maximum atomic E-state index is 11.5. The fraction of sp³-hybridized carbons (Fsp3) is 0.571. The number of aliphatic hydroxyl groups is 1. The third kappa shape index (κ3) is 3.44. The average Bonchev–Trinajstić information content (AvgIpc) is 2.48. The van der Waals surface area contributed by atoms with E-state index in [0.717, 1.165) is 31.7 Å². The molecule has 0 amide bonds. The molecule has 0 bridgehead atoms. The highest BCUT2D eigenvalue weighted by molar-refractivity contribution is 5.89. The number of rotatable bonds is 4. The summed E-state index contributed by atoms with van der Waals surface area (Å²) in [6.45, 7) is 4.22. The minimum atomic E-state index is -0.333. The summed E-state index contributed by atoms with van der Waals surface area (Å²) in [7, 11) is 0. The molecule has 0 aliphatic carbocycles. The second kappa shape index (κ2) is 6.52. The Morgan fingerprint density at radius 1 is 1.47 bits per heavy atom. The zero-order chi connectivity index (χ0) is 13.7. The van der Waals surface area contributed by atoms with E-state index in [4.69, 9.17) is 9.84 Å². The van der Waals surface area contributed by atoms with Gasteiger partial charge in [0.1, 0.15) is 5.82 Å². The van der Waals surface area contributed by atoms with Crippen molar-refractivity contribution in [1.82, 2.24) is 4.98 Å². The Morgan fingerprint density at radius 2 is 2.21 bits per heavy atom. The highest BCUT2D eigenvalue weighted by Gasteiger charge is 2.19. The average molecular weight is 264 g/mol. The third-order valence-corrected chi connectivity index (χ3v) is 3.46. The van der Waals surface area contributed by atoms with Crippen LogP contribution in [-0.4, -0.2) is 42.4 Å². The Morgan fingerprint density at radius 3 is 2.74 bits per heavy atom. The molecule has 0 spiro atoms. The van der Waals surface area contributed by atoms with E-state index >= 15 is 0 Å². The van der Waals surface area contributed by atoms with E-state index in [1.807, 2.05) is 6.07 Å². The lowest BCUT2D eigenvalue weighted by Gasteiger charge is -2.31. The monoisotopic (exact) mass is 264 g/mol. The standard InChI is InChI=1S/C14H20N2O3/c1-2-19-14(18)12-3-4-13(15-9-12)16-7-5-11(10-17)6-8-16/h3-4,9,11,17H,2,5-8,10H2,1H3. The molecule has 5 nitrogen and oxygen atoms in total. The molecule has 5 heteroatoms. The summed E-state index contributed by atoms with van der Waals surface area (Å²) in [6, 6.07) is 3.60. The summed E-state index contributed by atoms with van der Waals surface area (Å²) in [5, 5.41) is 9.11. The first-order valence-electron chi connectivity index (χ1n) is 6.73. The number of esters is 1. The summed E-state index contributed by atoms with van der Waals surface area (Å²) >= 11 is 0. The summed E-state index contributed by atoms with van der Waals surface area (Å²) < 4.78 is 4.92. The molecule has 0 atom stereocenters. The van der Waals surface area contributed by atoms with Crippen LogP contribution in [0.2, 0.25) is 0 Å². The number of piperidine rings is 1. The largest absolute Gasteiger partial charge is 0.462 e. The van der Waals surface area contributed by atoms with Crippen LogP contribution in [0.3, 0.4) is 0 Å². The molecular weight excluding hydrogens is 244 g/mol. The first-order valence-corrected chi connectivity index (χ1v) is 6.73. The molecule has 1 aliphatic rings.